The average Bonchev–Trinajstić information content (AvgIpc) is 2.55. The highest BCUT2D eigenvalue weighted by Gasteiger charge is 2.40. The second-order valence-corrected chi connectivity index (χ2v) is 5.50. The quantitative estimate of drug-likeness (QED) is 0.851. The summed E-state index contributed by atoms with van der Waals surface area (Å²) in [7, 11) is 0. The number of aliphatic hydroxyl groups is 1. The van der Waals surface area contributed by atoms with Gasteiger partial charge in [-0.15, -0.1) is 0 Å². The molecule has 1 saturated heterocycles. The van der Waals surface area contributed by atoms with Gasteiger partial charge in [0.1, 0.15) is 6.04 Å². The number of benzene rings is 2. The molecule has 3 rings (SSSR count). The van der Waals surface area contributed by atoms with Gasteiger partial charge < -0.3 is 5.11 Å². The zero-order valence-electron chi connectivity index (χ0n) is 12.2. The molecular formula is C19H18N2O. The van der Waals surface area contributed by atoms with E-state index in [4.69, 9.17) is 5.26 Å². The summed E-state index contributed by atoms with van der Waals surface area (Å²) in [5.74, 6) is 0.0714. The number of nitrogens with one attached hydrogen (secondary N) is 1. The fraction of sp³-hybridized carbons (Fsp3) is 0.211. The molecule has 3 atom stereocenters. The summed E-state index contributed by atoms with van der Waals surface area (Å²) in [6.07, 6.45) is 4.15. The third-order valence-corrected chi connectivity index (χ3v) is 4.11. The summed E-state index contributed by atoms with van der Waals surface area (Å²) in [5, 5.41) is 21.5. The smallest absolute Gasteiger partial charge is 0.104 e. The van der Waals surface area contributed by atoms with Crippen LogP contribution >= 0.6 is 0 Å². The van der Waals surface area contributed by atoms with Crippen LogP contribution in [0.3, 0.4) is 0 Å². The summed E-state index contributed by atoms with van der Waals surface area (Å²) in [6, 6.07) is 20.4. The lowest BCUT2D eigenvalue weighted by molar-refractivity contribution is 0.151. The molecule has 1 heterocycles. The molecule has 22 heavy (non-hydrogen) atoms. The van der Waals surface area contributed by atoms with E-state index >= 15 is 0 Å². The normalized spacial score (nSPS) is 23.9. The van der Waals surface area contributed by atoms with E-state index < -0.39 is 0 Å². The van der Waals surface area contributed by atoms with Crippen LogP contribution in [0.15, 0.2) is 54.6 Å². The Morgan fingerprint density at radius 2 is 1.64 bits per heavy atom. The van der Waals surface area contributed by atoms with Crippen LogP contribution < -0.4 is 5.32 Å². The van der Waals surface area contributed by atoms with Crippen LogP contribution in [-0.2, 0) is 0 Å². The zero-order valence-corrected chi connectivity index (χ0v) is 12.2. The van der Waals surface area contributed by atoms with E-state index in [2.05, 4.69) is 47.8 Å². The van der Waals surface area contributed by atoms with Crippen molar-refractivity contribution in [2.75, 3.05) is 6.61 Å². The lowest BCUT2D eigenvalue weighted by atomic mass is 9.78. The van der Waals surface area contributed by atoms with Gasteiger partial charge in [-0.25, -0.2) is 0 Å². The van der Waals surface area contributed by atoms with Gasteiger partial charge in [0.25, 0.3) is 0 Å². The van der Waals surface area contributed by atoms with Crippen molar-refractivity contribution in [2.24, 2.45) is 0 Å². The van der Waals surface area contributed by atoms with Crippen molar-refractivity contribution in [3.05, 3.63) is 71.3 Å². The number of nitriles is 1. The van der Waals surface area contributed by atoms with Gasteiger partial charge in [0, 0.05) is 12.0 Å². The molecule has 3 nitrogen and oxygen atoms in total. The second-order valence-electron chi connectivity index (χ2n) is 5.50. The first-order valence-electron chi connectivity index (χ1n) is 7.41. The van der Waals surface area contributed by atoms with E-state index in [1.807, 2.05) is 30.3 Å². The number of hydrogen-bond acceptors (Lipinski definition) is 3. The van der Waals surface area contributed by atoms with E-state index in [9.17, 15) is 5.11 Å². The first-order valence-corrected chi connectivity index (χ1v) is 7.41. The van der Waals surface area contributed by atoms with Crippen LogP contribution in [0.25, 0.3) is 12.2 Å². The second kappa shape index (κ2) is 6.57. The Bertz CT molecular complexity index is 686. The molecular weight excluding hydrogens is 272 g/mol. The predicted octanol–water partition coefficient (Wildman–Crippen LogP) is 2.80. The highest BCUT2D eigenvalue weighted by atomic mass is 16.3. The van der Waals surface area contributed by atoms with Gasteiger partial charge in [0.05, 0.1) is 12.7 Å². The van der Waals surface area contributed by atoms with Crippen LogP contribution in [0.1, 0.15) is 22.6 Å². The number of hydrogen-bond donors (Lipinski definition) is 2. The van der Waals surface area contributed by atoms with Crippen LogP contribution in [0, 0.1) is 11.3 Å². The lowest BCUT2D eigenvalue weighted by Crippen LogP contribution is -2.60. The van der Waals surface area contributed by atoms with Gasteiger partial charge in [-0.1, -0.05) is 66.7 Å². The molecule has 0 saturated carbocycles. The summed E-state index contributed by atoms with van der Waals surface area (Å²) in [6.45, 7) is 0.0541. The molecule has 3 heteroatoms. The molecule has 0 amide bonds. The Morgan fingerprint density at radius 1 is 1.00 bits per heavy atom. The predicted molar refractivity (Wildman–Crippen MR) is 88.0 cm³/mol. The summed E-state index contributed by atoms with van der Waals surface area (Å²) in [5.41, 5.74) is 3.38. The molecule has 0 radical (unpaired) electrons. The number of aliphatic hydroxyl groups excluding tert-OH is 1. The molecule has 0 unspecified atom stereocenters. The van der Waals surface area contributed by atoms with Crippen molar-refractivity contribution in [2.45, 2.75) is 18.0 Å². The van der Waals surface area contributed by atoms with Crippen LogP contribution in [0.4, 0.5) is 0 Å². The van der Waals surface area contributed by atoms with Crippen molar-refractivity contribution >= 4 is 12.2 Å². The Hall–Kier alpha value is -2.41. The monoisotopic (exact) mass is 290 g/mol. The van der Waals surface area contributed by atoms with Crippen molar-refractivity contribution in [3.63, 3.8) is 0 Å². The van der Waals surface area contributed by atoms with E-state index in [1.165, 1.54) is 5.56 Å². The van der Waals surface area contributed by atoms with Gasteiger partial charge in [0.15, 0.2) is 0 Å². The minimum Gasteiger partial charge on any atom is -0.395 e. The molecule has 0 aliphatic carbocycles. The maximum absolute atomic E-state index is 9.31. The van der Waals surface area contributed by atoms with E-state index in [0.717, 1.165) is 11.1 Å². The molecule has 0 bridgehead atoms. The molecule has 1 aliphatic heterocycles. The minimum absolute atomic E-state index is 0.0182. The average molecular weight is 290 g/mol. The van der Waals surface area contributed by atoms with E-state index in [1.54, 1.807) is 0 Å². The van der Waals surface area contributed by atoms with Crippen molar-refractivity contribution in [1.82, 2.24) is 5.32 Å². The van der Waals surface area contributed by atoms with E-state index in [-0.39, 0.29) is 24.6 Å². The molecule has 110 valence electrons. The van der Waals surface area contributed by atoms with E-state index in [0.29, 0.717) is 0 Å². The molecule has 1 aliphatic rings. The molecule has 2 N–H and O–H groups in total. The Balaban J connectivity index is 1.73. The Labute approximate surface area is 130 Å². The third-order valence-electron chi connectivity index (χ3n) is 4.11. The molecule has 2 aromatic rings. The first-order chi connectivity index (χ1) is 10.8. The zero-order chi connectivity index (χ0) is 15.4. The standard InChI is InChI=1S/C19H18N2O/c20-12-17-19(18(13-22)21-17)16-10-8-15(9-11-16)7-6-14-4-2-1-3-5-14/h1-11,17-19,21-22H,13H2/t17-,18+,19+/m0/s1. The number of nitrogens with zero attached hydrogens (tertiary/aromatic N) is 1. The Morgan fingerprint density at radius 3 is 2.23 bits per heavy atom. The number of rotatable bonds is 4. The topological polar surface area (TPSA) is 56.0 Å². The van der Waals surface area contributed by atoms with Crippen molar-refractivity contribution in [1.29, 1.82) is 5.26 Å². The molecule has 0 spiro atoms. The highest BCUT2D eigenvalue weighted by Crippen LogP contribution is 2.31. The van der Waals surface area contributed by atoms with Gasteiger partial charge in [-0.05, 0) is 16.7 Å². The van der Waals surface area contributed by atoms with Crippen molar-refractivity contribution in [3.8, 4) is 6.07 Å². The fourth-order valence-corrected chi connectivity index (χ4v) is 2.85. The summed E-state index contributed by atoms with van der Waals surface area (Å²) >= 11 is 0. The summed E-state index contributed by atoms with van der Waals surface area (Å²) < 4.78 is 0. The lowest BCUT2D eigenvalue weighted by Gasteiger charge is -2.41. The SMILES string of the molecule is N#C[C@@H]1N[C@H](CO)[C@@H]1c1ccc(C=Cc2ccccc2)cc1. The van der Waals surface area contributed by atoms with Crippen molar-refractivity contribution < 1.29 is 5.11 Å². The Kier molecular flexibility index (Phi) is 4.34. The molecule has 0 aromatic heterocycles. The highest BCUT2D eigenvalue weighted by molar-refractivity contribution is 5.69. The fourth-order valence-electron chi connectivity index (χ4n) is 2.85. The molecule has 2 aromatic carbocycles. The van der Waals surface area contributed by atoms with Gasteiger partial charge in [-0.3, -0.25) is 5.32 Å². The largest absolute Gasteiger partial charge is 0.395 e. The minimum atomic E-state index is -0.206. The first kappa shape index (κ1) is 14.5. The van der Waals surface area contributed by atoms with Gasteiger partial charge >= 0.3 is 0 Å². The van der Waals surface area contributed by atoms with Gasteiger partial charge in [-0.2, -0.15) is 5.26 Å². The van der Waals surface area contributed by atoms with Crippen LogP contribution in [0.5, 0.6) is 0 Å². The summed E-state index contributed by atoms with van der Waals surface area (Å²) in [4.78, 5) is 0. The molecule has 1 fully saturated rings. The maximum atomic E-state index is 9.31. The third kappa shape index (κ3) is 2.94. The maximum Gasteiger partial charge on any atom is 0.104 e. The van der Waals surface area contributed by atoms with Crippen LogP contribution in [-0.4, -0.2) is 23.8 Å². The van der Waals surface area contributed by atoms with Gasteiger partial charge in [0.2, 0.25) is 0 Å². The van der Waals surface area contributed by atoms with Crippen LogP contribution in [0.2, 0.25) is 0 Å².